The van der Waals surface area contributed by atoms with E-state index in [9.17, 15) is 13.2 Å². The number of rotatable bonds is 3. The van der Waals surface area contributed by atoms with Crippen molar-refractivity contribution < 1.29 is 27.4 Å². The van der Waals surface area contributed by atoms with E-state index in [4.69, 9.17) is 14.2 Å². The van der Waals surface area contributed by atoms with Gasteiger partial charge < -0.3 is 19.1 Å². The first-order valence-corrected chi connectivity index (χ1v) is 8.45. The van der Waals surface area contributed by atoms with Gasteiger partial charge in [0.15, 0.2) is 11.5 Å². The molecule has 1 aromatic rings. The van der Waals surface area contributed by atoms with E-state index in [0.717, 1.165) is 4.31 Å². The number of likely N-dealkylation sites (N-methyl/N-ethyl adjacent to an activating group) is 1. The predicted octanol–water partition coefficient (Wildman–Crippen LogP) is 0.302. The number of methoxy groups -OCH3 is 1. The van der Waals surface area contributed by atoms with Gasteiger partial charge in [-0.1, -0.05) is 0 Å². The molecule has 0 N–H and O–H groups in total. The number of ether oxygens (including phenoxy) is 3. The Balaban J connectivity index is 2.43. The predicted molar refractivity (Wildman–Crippen MR) is 80.7 cm³/mol. The van der Waals surface area contributed by atoms with Crippen LogP contribution >= 0.6 is 0 Å². The number of benzene rings is 1. The van der Waals surface area contributed by atoms with Crippen molar-refractivity contribution in [3.63, 3.8) is 0 Å². The highest BCUT2D eigenvalue weighted by Crippen LogP contribution is 2.51. The van der Waals surface area contributed by atoms with E-state index in [0.29, 0.717) is 18.5 Å². The lowest BCUT2D eigenvalue weighted by Crippen LogP contribution is -2.36. The average Bonchev–Trinajstić information content (AvgIpc) is 2.97. The molecule has 0 bridgehead atoms. The fourth-order valence-electron chi connectivity index (χ4n) is 2.80. The molecule has 9 heteroatoms. The molecule has 0 unspecified atom stereocenters. The lowest BCUT2D eigenvalue weighted by molar-refractivity contribution is 0.0775. The van der Waals surface area contributed by atoms with Crippen LogP contribution in [0.25, 0.3) is 0 Å². The van der Waals surface area contributed by atoms with Crippen molar-refractivity contribution in [3.8, 4) is 17.2 Å². The standard InChI is InChI=1S/C14H18N2O6S/c1-15(2)23(18,19)13-8-5-6-16(3)14(17)9(8)10(20-4)11-12(13)22-7-21-11/h5-7H2,1-4H3. The van der Waals surface area contributed by atoms with Gasteiger partial charge in [-0.25, -0.2) is 12.7 Å². The summed E-state index contributed by atoms with van der Waals surface area (Å²) >= 11 is 0. The zero-order valence-electron chi connectivity index (χ0n) is 13.4. The maximum atomic E-state index is 12.8. The Labute approximate surface area is 134 Å². The van der Waals surface area contributed by atoms with Gasteiger partial charge in [-0.05, 0) is 12.0 Å². The Hall–Kier alpha value is -2.00. The van der Waals surface area contributed by atoms with Crippen LogP contribution in [0, 0.1) is 0 Å². The largest absolute Gasteiger partial charge is 0.492 e. The minimum Gasteiger partial charge on any atom is -0.492 e. The van der Waals surface area contributed by atoms with Gasteiger partial charge in [0.2, 0.25) is 22.6 Å². The second-order valence-corrected chi connectivity index (χ2v) is 7.63. The minimum atomic E-state index is -3.81. The summed E-state index contributed by atoms with van der Waals surface area (Å²) < 4.78 is 42.8. The number of carbonyl (C=O) groups excluding carboxylic acids is 1. The van der Waals surface area contributed by atoms with Crippen LogP contribution in [0.5, 0.6) is 17.2 Å². The smallest absolute Gasteiger partial charge is 0.257 e. The molecule has 23 heavy (non-hydrogen) atoms. The Morgan fingerprint density at radius 2 is 1.87 bits per heavy atom. The molecule has 8 nitrogen and oxygen atoms in total. The Kier molecular flexibility index (Phi) is 3.64. The van der Waals surface area contributed by atoms with E-state index in [2.05, 4.69) is 0 Å². The molecule has 0 atom stereocenters. The summed E-state index contributed by atoms with van der Waals surface area (Å²) in [5, 5.41) is 0. The SMILES string of the molecule is COc1c2c(c(S(=O)(=O)N(C)C)c3c1C(=O)N(C)CC3)OCO2. The lowest BCUT2D eigenvalue weighted by atomic mass is 9.97. The van der Waals surface area contributed by atoms with Crippen LogP contribution in [0.1, 0.15) is 15.9 Å². The number of carbonyl (C=O) groups is 1. The van der Waals surface area contributed by atoms with E-state index in [1.807, 2.05) is 0 Å². The van der Waals surface area contributed by atoms with E-state index < -0.39 is 10.0 Å². The molecule has 0 aromatic heterocycles. The van der Waals surface area contributed by atoms with Crippen LogP contribution in [0.3, 0.4) is 0 Å². The zero-order chi connectivity index (χ0) is 16.9. The summed E-state index contributed by atoms with van der Waals surface area (Å²) in [6.45, 7) is 0.305. The molecule has 1 amide bonds. The summed E-state index contributed by atoms with van der Waals surface area (Å²) in [6, 6.07) is 0. The fourth-order valence-corrected chi connectivity index (χ4v) is 4.07. The molecule has 2 aliphatic heterocycles. The number of sulfonamides is 1. The minimum absolute atomic E-state index is 0.00718. The van der Waals surface area contributed by atoms with Gasteiger partial charge in [0.1, 0.15) is 4.90 Å². The Morgan fingerprint density at radius 1 is 1.22 bits per heavy atom. The van der Waals surface area contributed by atoms with Crippen molar-refractivity contribution in [2.75, 3.05) is 41.6 Å². The average molecular weight is 342 g/mol. The maximum absolute atomic E-state index is 12.8. The first kappa shape index (κ1) is 15.9. The Morgan fingerprint density at radius 3 is 2.48 bits per heavy atom. The van der Waals surface area contributed by atoms with Crippen LogP contribution in [-0.2, 0) is 16.4 Å². The third kappa shape index (κ3) is 2.14. The van der Waals surface area contributed by atoms with Crippen LogP contribution in [0.4, 0.5) is 0 Å². The summed E-state index contributed by atoms with van der Waals surface area (Å²) in [5.41, 5.74) is 0.647. The van der Waals surface area contributed by atoms with Crippen molar-refractivity contribution in [2.45, 2.75) is 11.3 Å². The number of amides is 1. The summed E-state index contributed by atoms with van der Waals surface area (Å²) in [5.74, 6) is 0.209. The normalized spacial score (nSPS) is 16.7. The van der Waals surface area contributed by atoms with Gasteiger partial charge in [-0.15, -0.1) is 0 Å². The third-order valence-electron chi connectivity index (χ3n) is 4.03. The number of nitrogens with zero attached hydrogens (tertiary/aromatic N) is 2. The first-order chi connectivity index (χ1) is 10.8. The quantitative estimate of drug-likeness (QED) is 0.785. The van der Waals surface area contributed by atoms with Gasteiger partial charge in [-0.2, -0.15) is 0 Å². The molecule has 0 spiro atoms. The number of hydrogen-bond acceptors (Lipinski definition) is 6. The van der Waals surface area contributed by atoms with Crippen LogP contribution in [0.2, 0.25) is 0 Å². The van der Waals surface area contributed by atoms with Crippen molar-refractivity contribution in [1.29, 1.82) is 0 Å². The molecule has 2 aliphatic rings. The zero-order valence-corrected chi connectivity index (χ0v) is 14.2. The molecule has 0 aliphatic carbocycles. The van der Waals surface area contributed by atoms with Gasteiger partial charge in [0, 0.05) is 27.7 Å². The van der Waals surface area contributed by atoms with Crippen molar-refractivity contribution in [2.24, 2.45) is 0 Å². The second-order valence-electron chi connectivity index (χ2n) is 5.54. The molecule has 1 aromatic carbocycles. The van der Waals surface area contributed by atoms with E-state index in [-0.39, 0.29) is 40.4 Å². The summed E-state index contributed by atoms with van der Waals surface area (Å²) in [7, 11) is 2.14. The van der Waals surface area contributed by atoms with Gasteiger partial charge >= 0.3 is 0 Å². The van der Waals surface area contributed by atoms with Gasteiger partial charge in [0.25, 0.3) is 5.91 Å². The molecule has 0 radical (unpaired) electrons. The highest BCUT2D eigenvalue weighted by Gasteiger charge is 2.41. The molecule has 126 valence electrons. The Bertz CT molecular complexity index is 787. The second kappa shape index (κ2) is 5.27. The molecule has 3 rings (SSSR count). The molecule has 0 fully saturated rings. The highest BCUT2D eigenvalue weighted by molar-refractivity contribution is 7.89. The maximum Gasteiger partial charge on any atom is 0.257 e. The van der Waals surface area contributed by atoms with Crippen LogP contribution in [0.15, 0.2) is 4.90 Å². The highest BCUT2D eigenvalue weighted by atomic mass is 32.2. The third-order valence-corrected chi connectivity index (χ3v) is 5.94. The lowest BCUT2D eigenvalue weighted by Gasteiger charge is -2.29. The van der Waals surface area contributed by atoms with E-state index in [1.54, 1.807) is 7.05 Å². The van der Waals surface area contributed by atoms with E-state index >= 15 is 0 Å². The van der Waals surface area contributed by atoms with Gasteiger partial charge in [0.05, 0.1) is 12.7 Å². The summed E-state index contributed by atoms with van der Waals surface area (Å²) in [4.78, 5) is 14.1. The van der Waals surface area contributed by atoms with Crippen molar-refractivity contribution in [3.05, 3.63) is 11.1 Å². The number of hydrogen-bond donors (Lipinski definition) is 0. The molecule has 0 saturated heterocycles. The molecule has 2 heterocycles. The van der Waals surface area contributed by atoms with Crippen molar-refractivity contribution >= 4 is 15.9 Å². The monoisotopic (exact) mass is 342 g/mol. The molecule has 0 saturated carbocycles. The molecular formula is C14H18N2O6S. The number of fused-ring (bicyclic) bond motifs is 2. The fraction of sp³-hybridized carbons (Fsp3) is 0.500. The summed E-state index contributed by atoms with van der Waals surface area (Å²) in [6.07, 6.45) is 0.396. The first-order valence-electron chi connectivity index (χ1n) is 7.01. The van der Waals surface area contributed by atoms with Crippen molar-refractivity contribution in [1.82, 2.24) is 9.21 Å². The molecular weight excluding hydrogens is 324 g/mol. The van der Waals surface area contributed by atoms with Crippen LogP contribution in [-0.4, -0.2) is 65.1 Å². The van der Waals surface area contributed by atoms with Crippen LogP contribution < -0.4 is 14.2 Å². The van der Waals surface area contributed by atoms with E-state index in [1.165, 1.54) is 26.1 Å². The van der Waals surface area contributed by atoms with Gasteiger partial charge in [-0.3, -0.25) is 4.79 Å². The topological polar surface area (TPSA) is 85.4 Å².